The highest BCUT2D eigenvalue weighted by Gasteiger charge is 2.41. The van der Waals surface area contributed by atoms with Crippen LogP contribution < -0.4 is 4.90 Å². The van der Waals surface area contributed by atoms with E-state index in [0.717, 1.165) is 17.8 Å². The zero-order chi connectivity index (χ0) is 54.5. The van der Waals surface area contributed by atoms with Crippen molar-refractivity contribution in [2.24, 2.45) is 17.8 Å². The summed E-state index contributed by atoms with van der Waals surface area (Å²) in [7, 11) is 0. The van der Waals surface area contributed by atoms with Crippen molar-refractivity contribution in [1.82, 2.24) is 0 Å². The predicted molar refractivity (Wildman–Crippen MR) is 341 cm³/mol. The van der Waals surface area contributed by atoms with Crippen molar-refractivity contribution in [3.8, 4) is 22.3 Å². The van der Waals surface area contributed by atoms with Crippen LogP contribution in [0.25, 0.3) is 22.3 Å². The van der Waals surface area contributed by atoms with Crippen LogP contribution in [0.1, 0.15) is 284 Å². The van der Waals surface area contributed by atoms with Gasteiger partial charge in [-0.1, -0.05) is 248 Å². The van der Waals surface area contributed by atoms with E-state index in [4.69, 9.17) is 0 Å². The predicted octanol–water partition coefficient (Wildman–Crippen LogP) is 23.9. The summed E-state index contributed by atoms with van der Waals surface area (Å²) in [6.07, 6.45) is 35.5. The molecule has 4 fully saturated rings. The molecule has 6 aromatic carbocycles. The van der Waals surface area contributed by atoms with Crippen molar-refractivity contribution in [2.45, 2.75) is 250 Å². The Morgan fingerprint density at radius 2 is 0.848 bits per heavy atom. The van der Waals surface area contributed by atoms with Gasteiger partial charge in [0, 0.05) is 22.5 Å². The van der Waals surface area contributed by atoms with Crippen LogP contribution in [0.3, 0.4) is 0 Å². The fraction of sp³-hybridized carbons (Fsp3) is 0.538. The Morgan fingerprint density at radius 1 is 0.405 bits per heavy atom. The van der Waals surface area contributed by atoms with Crippen LogP contribution in [0, 0.1) is 17.8 Å². The molecule has 1 atom stereocenters. The Bertz CT molecular complexity index is 2840. The fourth-order valence-corrected chi connectivity index (χ4v) is 16.7. The molecule has 0 heterocycles. The molecule has 6 aromatic rings. The third-order valence-electron chi connectivity index (χ3n) is 21.8. The van der Waals surface area contributed by atoms with Gasteiger partial charge >= 0.3 is 0 Å². The zero-order valence-electron chi connectivity index (χ0n) is 50.5. The number of fused-ring (bicyclic) bond motifs is 3. The van der Waals surface area contributed by atoms with E-state index in [1.165, 1.54) is 229 Å². The van der Waals surface area contributed by atoms with Gasteiger partial charge in [0.25, 0.3) is 0 Å². The van der Waals surface area contributed by atoms with Crippen molar-refractivity contribution in [3.63, 3.8) is 0 Å². The highest BCUT2D eigenvalue weighted by Crippen LogP contribution is 2.55. The number of hydrogen-bond donors (Lipinski definition) is 0. The molecule has 418 valence electrons. The van der Waals surface area contributed by atoms with E-state index in [0.29, 0.717) is 23.7 Å². The molecule has 5 aliphatic rings. The first kappa shape index (κ1) is 56.0. The van der Waals surface area contributed by atoms with Gasteiger partial charge in [-0.25, -0.2) is 0 Å². The molecule has 0 spiro atoms. The largest absolute Gasteiger partial charge is 0.310 e. The van der Waals surface area contributed by atoms with E-state index < -0.39 is 0 Å². The van der Waals surface area contributed by atoms with Gasteiger partial charge in [0.05, 0.1) is 0 Å². The second-order valence-electron chi connectivity index (χ2n) is 27.6. The topological polar surface area (TPSA) is 3.24 Å². The second-order valence-corrected chi connectivity index (χ2v) is 27.6. The summed E-state index contributed by atoms with van der Waals surface area (Å²) in [4.78, 5) is 2.60. The molecule has 1 unspecified atom stereocenters. The molecule has 0 bridgehead atoms. The molecule has 1 nitrogen and oxygen atoms in total. The van der Waals surface area contributed by atoms with E-state index >= 15 is 0 Å². The van der Waals surface area contributed by atoms with Crippen molar-refractivity contribution in [3.05, 3.63) is 172 Å². The third kappa shape index (κ3) is 12.1. The van der Waals surface area contributed by atoms with Crippen molar-refractivity contribution >= 4 is 17.1 Å². The molecule has 0 N–H and O–H groups in total. The number of hydrogen-bond acceptors (Lipinski definition) is 1. The normalized spacial score (nSPS) is 25.4. The van der Waals surface area contributed by atoms with Crippen LogP contribution in [-0.4, -0.2) is 0 Å². The molecule has 0 radical (unpaired) electrons. The standard InChI is InChI=1S/C78H101N/c1-8-55-22-16-30-59(31-17-23-55)64-52-72(61-32-18-24-56(9-2)25-19-33-61)76(73(53-64)62-34-20-26-57(10-3)27-21-35-62)63-40-48-68(49-41-63)79(67-46-38-60(39-47-67)58-28-12-11-13-29-58)69-50-51-71-70-36-14-15-37-74(70)78(7,75(71)54-69)66-44-42-65(43-45-66)77(4,5)6/h14-15,36-59,61-62H,8-13,16-35H2,1-7H3. The molecule has 79 heavy (non-hydrogen) atoms. The van der Waals surface area contributed by atoms with Crippen LogP contribution in [0.4, 0.5) is 17.1 Å². The van der Waals surface area contributed by atoms with E-state index in [-0.39, 0.29) is 10.8 Å². The maximum absolute atomic E-state index is 2.85. The Balaban J connectivity index is 1.04. The number of nitrogens with zero attached hydrogens (tertiary/aromatic N) is 1. The first-order valence-electron chi connectivity index (χ1n) is 33.1. The fourth-order valence-electron chi connectivity index (χ4n) is 16.7. The monoisotopic (exact) mass is 1050 g/mol. The summed E-state index contributed by atoms with van der Waals surface area (Å²) < 4.78 is 0. The van der Waals surface area contributed by atoms with Gasteiger partial charge in [-0.3, -0.25) is 0 Å². The van der Waals surface area contributed by atoms with Gasteiger partial charge in [0.1, 0.15) is 0 Å². The molecule has 11 rings (SSSR count). The SMILES string of the molecule is CCC1CCCC(c2cc(C3CCCC(CC)CCC3)c(-c3ccc(N(c4ccc(C5CCCCC5)cc4)c4ccc5c(c4)C(C)(c4ccc(C(C)(C)C)cc4)c4ccccc4-5)cc3)c(C3CCCC(CC)CCC3)c2)CCC1. The molecule has 0 aromatic heterocycles. The Hall–Kier alpha value is -4.88. The van der Waals surface area contributed by atoms with Crippen LogP contribution in [0.2, 0.25) is 0 Å². The van der Waals surface area contributed by atoms with Gasteiger partial charge < -0.3 is 4.90 Å². The van der Waals surface area contributed by atoms with Gasteiger partial charge in [0.15, 0.2) is 0 Å². The highest BCUT2D eigenvalue weighted by molar-refractivity contribution is 5.88. The second kappa shape index (κ2) is 25.1. The molecule has 0 saturated heterocycles. The van der Waals surface area contributed by atoms with Crippen molar-refractivity contribution < 1.29 is 0 Å². The van der Waals surface area contributed by atoms with Gasteiger partial charge in [-0.05, 0) is 208 Å². The number of anilines is 3. The van der Waals surface area contributed by atoms with Crippen molar-refractivity contribution in [1.29, 1.82) is 0 Å². The molecule has 0 aliphatic heterocycles. The Labute approximate surface area is 481 Å². The average Bonchev–Trinajstić information content (AvgIpc) is 3.71. The van der Waals surface area contributed by atoms with Crippen LogP contribution in [-0.2, 0) is 10.8 Å². The molecule has 0 amide bonds. The summed E-state index contributed by atoms with van der Waals surface area (Å²) in [5, 5.41) is 0. The first-order valence-corrected chi connectivity index (χ1v) is 33.1. The smallest absolute Gasteiger partial charge is 0.0465 e. The summed E-state index contributed by atoms with van der Waals surface area (Å²) in [6, 6.07) is 52.0. The average molecular weight is 1050 g/mol. The molecule has 5 aliphatic carbocycles. The number of rotatable bonds is 12. The lowest BCUT2D eigenvalue weighted by atomic mass is 9.72. The lowest BCUT2D eigenvalue weighted by molar-refractivity contribution is 0.344. The lowest BCUT2D eigenvalue weighted by Gasteiger charge is -2.33. The number of benzene rings is 6. The van der Waals surface area contributed by atoms with Gasteiger partial charge in [0.2, 0.25) is 0 Å². The molecular weight excluding hydrogens is 951 g/mol. The minimum atomic E-state index is -0.297. The maximum atomic E-state index is 2.85. The molecule has 1 heteroatoms. The molecule has 4 saturated carbocycles. The summed E-state index contributed by atoms with van der Waals surface area (Å²) in [5.41, 5.74) is 21.5. The summed E-state index contributed by atoms with van der Waals surface area (Å²) in [6.45, 7) is 16.8. The lowest BCUT2D eigenvalue weighted by Crippen LogP contribution is -2.23. The first-order chi connectivity index (χ1) is 38.5. The van der Waals surface area contributed by atoms with E-state index in [9.17, 15) is 0 Å². The highest BCUT2D eigenvalue weighted by atomic mass is 15.1. The van der Waals surface area contributed by atoms with Crippen LogP contribution in [0.5, 0.6) is 0 Å². The van der Waals surface area contributed by atoms with Crippen LogP contribution >= 0.6 is 0 Å². The van der Waals surface area contributed by atoms with E-state index in [1.54, 1.807) is 22.3 Å². The minimum absolute atomic E-state index is 0.0973. The van der Waals surface area contributed by atoms with E-state index in [1.807, 2.05) is 0 Å². The maximum Gasteiger partial charge on any atom is 0.0465 e. The van der Waals surface area contributed by atoms with E-state index in [2.05, 4.69) is 181 Å². The Kier molecular flexibility index (Phi) is 17.8. The zero-order valence-corrected chi connectivity index (χ0v) is 50.5. The third-order valence-corrected chi connectivity index (χ3v) is 21.8. The quantitative estimate of drug-likeness (QED) is 0.118. The Morgan fingerprint density at radius 3 is 1.35 bits per heavy atom. The van der Waals surface area contributed by atoms with Gasteiger partial charge in [-0.15, -0.1) is 0 Å². The van der Waals surface area contributed by atoms with Crippen LogP contribution in [0.15, 0.2) is 127 Å². The molecular formula is C78H101N. The minimum Gasteiger partial charge on any atom is -0.310 e. The van der Waals surface area contributed by atoms with Crippen molar-refractivity contribution in [2.75, 3.05) is 4.90 Å². The van der Waals surface area contributed by atoms with Gasteiger partial charge in [-0.2, -0.15) is 0 Å². The summed E-state index contributed by atoms with van der Waals surface area (Å²) in [5.74, 6) is 5.33. The summed E-state index contributed by atoms with van der Waals surface area (Å²) >= 11 is 0.